The van der Waals surface area contributed by atoms with Gasteiger partial charge < -0.3 is 20.3 Å². The summed E-state index contributed by atoms with van der Waals surface area (Å²) in [6.07, 6.45) is 7.03. The number of rotatable bonds is 2. The van der Waals surface area contributed by atoms with Gasteiger partial charge in [-0.05, 0) is 52.2 Å². The van der Waals surface area contributed by atoms with Crippen molar-refractivity contribution in [3.05, 3.63) is 36.4 Å². The lowest BCUT2D eigenvalue weighted by atomic mass is 10.00. The molecule has 1 aliphatic heterocycles. The van der Waals surface area contributed by atoms with Crippen molar-refractivity contribution >= 4 is 23.4 Å². The minimum absolute atomic E-state index is 0.209. The van der Waals surface area contributed by atoms with Crippen LogP contribution in [0.3, 0.4) is 0 Å². The van der Waals surface area contributed by atoms with Crippen LogP contribution in [0.1, 0.15) is 40.0 Å². The van der Waals surface area contributed by atoms with E-state index >= 15 is 0 Å². The molecule has 0 aromatic heterocycles. The Morgan fingerprint density at radius 3 is 2.77 bits per heavy atom. The molecule has 1 unspecified atom stereocenters. The van der Waals surface area contributed by atoms with Crippen molar-refractivity contribution in [1.82, 2.24) is 5.32 Å². The molecule has 0 radical (unpaired) electrons. The first-order valence-electron chi connectivity index (χ1n) is 9.16. The zero-order valence-electron chi connectivity index (χ0n) is 15.6. The highest BCUT2D eigenvalue weighted by Gasteiger charge is 2.33. The van der Waals surface area contributed by atoms with Crippen molar-refractivity contribution in [3.8, 4) is 0 Å². The van der Waals surface area contributed by atoms with E-state index in [1.54, 1.807) is 20.8 Å². The summed E-state index contributed by atoms with van der Waals surface area (Å²) in [6.45, 7) is 5.80. The molecule has 0 bridgehead atoms. The number of fused-ring (bicyclic) bond motifs is 1. The minimum Gasteiger partial charge on any atom is -0.444 e. The standard InChI is InChI=1S/C20H27N3O3/c1-20(2,3)26-19(25)22-16-13-23(14-9-5-4-6-10-14)17-12-8-7-11-15(17)21-18(16)24/h5,7-9,11-12,14,16H,4,6,10,13H2,1-3H3,(H,21,24)(H,22,25)/t14?,16-/m1/s1. The molecule has 2 N–H and O–H groups in total. The molecule has 2 atom stereocenters. The van der Waals surface area contributed by atoms with E-state index < -0.39 is 17.7 Å². The van der Waals surface area contributed by atoms with Gasteiger partial charge in [0.1, 0.15) is 11.6 Å². The molecule has 1 aromatic carbocycles. The highest BCUT2D eigenvalue weighted by atomic mass is 16.6. The number of alkyl carbamates (subject to hydrolysis) is 1. The van der Waals surface area contributed by atoms with Crippen molar-refractivity contribution < 1.29 is 14.3 Å². The van der Waals surface area contributed by atoms with Gasteiger partial charge in [-0.1, -0.05) is 24.3 Å². The lowest BCUT2D eigenvalue weighted by molar-refractivity contribution is -0.117. The second-order valence-corrected chi connectivity index (χ2v) is 7.78. The number of amides is 2. The molecule has 140 valence electrons. The SMILES string of the molecule is CC(C)(C)OC(=O)N[C@@H]1CN(C2C=CCCC2)c2ccccc2NC1=O. The Hall–Kier alpha value is -2.50. The maximum atomic E-state index is 12.7. The molecule has 2 amide bonds. The summed E-state index contributed by atoms with van der Waals surface area (Å²) >= 11 is 0. The minimum atomic E-state index is -0.687. The van der Waals surface area contributed by atoms with Crippen molar-refractivity contribution in [2.75, 3.05) is 16.8 Å². The second-order valence-electron chi connectivity index (χ2n) is 7.78. The van der Waals surface area contributed by atoms with E-state index in [9.17, 15) is 9.59 Å². The van der Waals surface area contributed by atoms with Crippen molar-refractivity contribution in [1.29, 1.82) is 0 Å². The molecule has 2 aliphatic rings. The zero-order valence-corrected chi connectivity index (χ0v) is 15.6. The number of anilines is 2. The summed E-state index contributed by atoms with van der Waals surface area (Å²) in [5.74, 6) is -0.231. The Morgan fingerprint density at radius 1 is 1.31 bits per heavy atom. The van der Waals surface area contributed by atoms with E-state index in [1.807, 2.05) is 24.3 Å². The second kappa shape index (κ2) is 7.40. The zero-order chi connectivity index (χ0) is 18.7. The largest absolute Gasteiger partial charge is 0.444 e. The lowest BCUT2D eigenvalue weighted by Crippen LogP contribution is -2.52. The van der Waals surface area contributed by atoms with Crippen LogP contribution in [0.4, 0.5) is 16.2 Å². The fourth-order valence-corrected chi connectivity index (χ4v) is 3.36. The Bertz CT molecular complexity index is 708. The molecule has 3 rings (SSSR count). The van der Waals surface area contributed by atoms with E-state index in [0.29, 0.717) is 6.54 Å². The fourth-order valence-electron chi connectivity index (χ4n) is 3.36. The number of hydrogen-bond acceptors (Lipinski definition) is 4. The normalized spacial score (nSPS) is 22.9. The molecule has 26 heavy (non-hydrogen) atoms. The summed E-state index contributed by atoms with van der Waals surface area (Å²) in [7, 11) is 0. The number of carbonyl (C=O) groups excluding carboxylic acids is 2. The predicted molar refractivity (Wildman–Crippen MR) is 102 cm³/mol. The molecule has 1 heterocycles. The van der Waals surface area contributed by atoms with E-state index in [4.69, 9.17) is 4.74 Å². The first-order chi connectivity index (χ1) is 12.3. The molecule has 0 spiro atoms. The smallest absolute Gasteiger partial charge is 0.408 e. The van der Waals surface area contributed by atoms with E-state index in [2.05, 4.69) is 27.7 Å². The Kier molecular flexibility index (Phi) is 5.20. The molecule has 1 aromatic rings. The van der Waals surface area contributed by atoms with Crippen LogP contribution in [0.15, 0.2) is 36.4 Å². The van der Waals surface area contributed by atoms with Crippen LogP contribution in [0.2, 0.25) is 0 Å². The number of nitrogens with zero attached hydrogens (tertiary/aromatic N) is 1. The summed E-state index contributed by atoms with van der Waals surface area (Å²) in [4.78, 5) is 27.1. The van der Waals surface area contributed by atoms with Gasteiger partial charge in [0, 0.05) is 12.6 Å². The topological polar surface area (TPSA) is 70.7 Å². The summed E-state index contributed by atoms with van der Waals surface area (Å²) in [5, 5.41) is 5.66. The Balaban J connectivity index is 1.85. The molecule has 1 aliphatic carbocycles. The van der Waals surface area contributed by atoms with Crippen molar-refractivity contribution in [2.45, 2.75) is 57.7 Å². The number of ether oxygens (including phenoxy) is 1. The third-order valence-corrected chi connectivity index (χ3v) is 4.49. The van der Waals surface area contributed by atoms with Gasteiger partial charge >= 0.3 is 6.09 Å². The van der Waals surface area contributed by atoms with Gasteiger partial charge in [0.2, 0.25) is 5.91 Å². The molecule has 0 saturated carbocycles. The van der Waals surface area contributed by atoms with Crippen LogP contribution in [0, 0.1) is 0 Å². The van der Waals surface area contributed by atoms with Crippen molar-refractivity contribution in [3.63, 3.8) is 0 Å². The molecule has 6 nitrogen and oxygen atoms in total. The Labute approximate surface area is 154 Å². The number of para-hydroxylation sites is 2. The van der Waals surface area contributed by atoms with Gasteiger partial charge in [0.25, 0.3) is 0 Å². The lowest BCUT2D eigenvalue weighted by Gasteiger charge is -2.34. The first kappa shape index (κ1) is 18.3. The number of nitrogens with one attached hydrogen (secondary N) is 2. The third kappa shape index (κ3) is 4.36. The summed E-state index contributed by atoms with van der Waals surface area (Å²) in [5.41, 5.74) is 1.14. The molecular formula is C20H27N3O3. The van der Waals surface area contributed by atoms with Gasteiger partial charge in [0.15, 0.2) is 0 Å². The Morgan fingerprint density at radius 2 is 2.08 bits per heavy atom. The number of carbonyl (C=O) groups is 2. The maximum Gasteiger partial charge on any atom is 0.408 e. The van der Waals surface area contributed by atoms with Gasteiger partial charge in [-0.15, -0.1) is 0 Å². The monoisotopic (exact) mass is 357 g/mol. The number of hydrogen-bond donors (Lipinski definition) is 2. The average Bonchev–Trinajstić information content (AvgIpc) is 2.71. The van der Waals surface area contributed by atoms with Crippen LogP contribution >= 0.6 is 0 Å². The van der Waals surface area contributed by atoms with Gasteiger partial charge in [-0.3, -0.25) is 4.79 Å². The average molecular weight is 357 g/mol. The number of allylic oxidation sites excluding steroid dienone is 1. The maximum absolute atomic E-state index is 12.7. The predicted octanol–water partition coefficient (Wildman–Crippen LogP) is 3.45. The quantitative estimate of drug-likeness (QED) is 0.796. The van der Waals surface area contributed by atoms with Crippen LogP contribution in [-0.4, -0.2) is 36.2 Å². The van der Waals surface area contributed by atoms with Crippen molar-refractivity contribution in [2.24, 2.45) is 0 Å². The van der Waals surface area contributed by atoms with Crippen LogP contribution in [0.25, 0.3) is 0 Å². The summed E-state index contributed by atoms with van der Waals surface area (Å²) in [6, 6.07) is 7.28. The molecule has 0 fully saturated rings. The highest BCUT2D eigenvalue weighted by Crippen LogP contribution is 2.32. The third-order valence-electron chi connectivity index (χ3n) is 4.49. The molecule has 6 heteroatoms. The van der Waals surface area contributed by atoms with Crippen LogP contribution in [0.5, 0.6) is 0 Å². The van der Waals surface area contributed by atoms with Crippen LogP contribution in [-0.2, 0) is 9.53 Å². The van der Waals surface area contributed by atoms with E-state index in [0.717, 1.165) is 30.6 Å². The van der Waals surface area contributed by atoms with Gasteiger partial charge in [-0.2, -0.15) is 0 Å². The van der Waals surface area contributed by atoms with E-state index in [1.165, 1.54) is 0 Å². The van der Waals surface area contributed by atoms with E-state index in [-0.39, 0.29) is 11.9 Å². The number of benzene rings is 1. The fraction of sp³-hybridized carbons (Fsp3) is 0.500. The highest BCUT2D eigenvalue weighted by molar-refractivity contribution is 6.01. The molecule has 0 saturated heterocycles. The van der Waals surface area contributed by atoms with Gasteiger partial charge in [0.05, 0.1) is 11.4 Å². The first-order valence-corrected chi connectivity index (χ1v) is 9.16. The summed E-state index contributed by atoms with van der Waals surface area (Å²) < 4.78 is 5.32. The van der Waals surface area contributed by atoms with Crippen LogP contribution < -0.4 is 15.5 Å². The van der Waals surface area contributed by atoms with Gasteiger partial charge in [-0.25, -0.2) is 4.79 Å². The molecular weight excluding hydrogens is 330 g/mol.